The first-order valence-corrected chi connectivity index (χ1v) is 8.71. The van der Waals surface area contributed by atoms with Gasteiger partial charge in [-0.25, -0.2) is 0 Å². The maximum absolute atomic E-state index is 12.4. The molecule has 2 aromatic carbocycles. The molecule has 0 heterocycles. The Morgan fingerprint density at radius 3 is 2.12 bits per heavy atom. The van der Waals surface area contributed by atoms with Crippen LogP contribution in [0.2, 0.25) is 0 Å². The summed E-state index contributed by atoms with van der Waals surface area (Å²) in [6.45, 7) is 3.99. The van der Waals surface area contributed by atoms with Crippen molar-refractivity contribution in [3.63, 3.8) is 0 Å². The third kappa shape index (κ3) is 5.25. The second kappa shape index (κ2) is 9.85. The molecule has 0 aliphatic heterocycles. The van der Waals surface area contributed by atoms with Crippen molar-refractivity contribution in [2.45, 2.75) is 26.6 Å². The van der Waals surface area contributed by atoms with E-state index < -0.39 is 18.2 Å². The van der Waals surface area contributed by atoms with Crippen LogP contribution in [0.15, 0.2) is 54.6 Å². The van der Waals surface area contributed by atoms with Gasteiger partial charge in [0, 0.05) is 17.7 Å². The summed E-state index contributed by atoms with van der Waals surface area (Å²) in [7, 11) is 0. The molecule has 0 bridgehead atoms. The Hall–Kier alpha value is -2.50. The fourth-order valence-corrected chi connectivity index (χ4v) is 2.64. The molecular weight excluding hydrogens is 332 g/mol. The van der Waals surface area contributed by atoms with Crippen LogP contribution in [0, 0.1) is 5.92 Å². The van der Waals surface area contributed by atoms with Gasteiger partial charge in [0.2, 0.25) is 0 Å². The van der Waals surface area contributed by atoms with E-state index in [9.17, 15) is 14.7 Å². The van der Waals surface area contributed by atoms with Crippen molar-refractivity contribution in [3.05, 3.63) is 71.3 Å². The maximum atomic E-state index is 12.4. The zero-order chi connectivity index (χ0) is 18.9. The molecule has 0 fully saturated rings. The largest absolute Gasteiger partial charge is 0.466 e. The van der Waals surface area contributed by atoms with Gasteiger partial charge in [-0.05, 0) is 25.8 Å². The standard InChI is InChI=1S/C21H24O5/c1-3-25-20(23)18(21(24)26-4-2)14-15-10-12-17(13-11-15)19(22)16-8-6-5-7-9-16/h5-13,18,20,23H,3-4,14H2,1-2H3. The van der Waals surface area contributed by atoms with Crippen molar-refractivity contribution < 1.29 is 24.2 Å². The van der Waals surface area contributed by atoms with E-state index in [0.29, 0.717) is 17.7 Å². The molecule has 1 N–H and O–H groups in total. The van der Waals surface area contributed by atoms with Crippen LogP contribution in [-0.2, 0) is 20.7 Å². The number of ketones is 1. The van der Waals surface area contributed by atoms with E-state index in [2.05, 4.69) is 0 Å². The maximum Gasteiger partial charge on any atom is 0.314 e. The van der Waals surface area contributed by atoms with Crippen molar-refractivity contribution >= 4 is 11.8 Å². The van der Waals surface area contributed by atoms with Crippen molar-refractivity contribution in [1.29, 1.82) is 0 Å². The van der Waals surface area contributed by atoms with Gasteiger partial charge in [-0.1, -0.05) is 54.6 Å². The molecule has 0 saturated carbocycles. The highest BCUT2D eigenvalue weighted by atomic mass is 16.6. The van der Waals surface area contributed by atoms with Crippen LogP contribution in [0.4, 0.5) is 0 Å². The molecule has 0 spiro atoms. The van der Waals surface area contributed by atoms with Gasteiger partial charge in [0.05, 0.1) is 6.61 Å². The summed E-state index contributed by atoms with van der Waals surface area (Å²) in [6.07, 6.45) is -0.968. The first-order valence-electron chi connectivity index (χ1n) is 8.71. The summed E-state index contributed by atoms with van der Waals surface area (Å²) in [6, 6.07) is 16.0. The molecule has 0 aliphatic rings. The number of benzene rings is 2. The van der Waals surface area contributed by atoms with Gasteiger partial charge in [0.25, 0.3) is 0 Å². The predicted octanol–water partition coefficient (Wildman–Crippen LogP) is 2.99. The number of aliphatic hydroxyl groups excluding tert-OH is 1. The molecule has 26 heavy (non-hydrogen) atoms. The fraction of sp³-hybridized carbons (Fsp3) is 0.333. The Bertz CT molecular complexity index is 709. The Labute approximate surface area is 153 Å². The lowest BCUT2D eigenvalue weighted by atomic mass is 9.96. The lowest BCUT2D eigenvalue weighted by Gasteiger charge is -2.21. The summed E-state index contributed by atoms with van der Waals surface area (Å²) < 4.78 is 10.2. The number of hydrogen-bond donors (Lipinski definition) is 1. The molecule has 0 aliphatic carbocycles. The monoisotopic (exact) mass is 356 g/mol. The van der Waals surface area contributed by atoms with E-state index >= 15 is 0 Å². The number of aliphatic hydroxyl groups is 1. The second-order valence-electron chi connectivity index (χ2n) is 5.80. The smallest absolute Gasteiger partial charge is 0.314 e. The highest BCUT2D eigenvalue weighted by Gasteiger charge is 2.29. The third-order valence-electron chi connectivity index (χ3n) is 3.98. The number of carbonyl (C=O) groups excluding carboxylic acids is 2. The van der Waals surface area contributed by atoms with Crippen LogP contribution in [0.1, 0.15) is 35.3 Å². The zero-order valence-electron chi connectivity index (χ0n) is 15.1. The van der Waals surface area contributed by atoms with Gasteiger partial charge in [0.15, 0.2) is 12.1 Å². The van der Waals surface area contributed by atoms with Crippen LogP contribution >= 0.6 is 0 Å². The Morgan fingerprint density at radius 2 is 1.54 bits per heavy atom. The van der Waals surface area contributed by atoms with E-state index in [1.807, 2.05) is 18.2 Å². The van der Waals surface area contributed by atoms with E-state index in [-0.39, 0.29) is 18.8 Å². The SMILES string of the molecule is CCOC(=O)C(Cc1ccc(C(=O)c2ccccc2)cc1)C(O)OCC. The lowest BCUT2D eigenvalue weighted by Crippen LogP contribution is -2.33. The minimum atomic E-state index is -1.23. The molecule has 0 aromatic heterocycles. The first kappa shape index (κ1) is 19.8. The highest BCUT2D eigenvalue weighted by molar-refractivity contribution is 6.08. The van der Waals surface area contributed by atoms with Crippen LogP contribution in [0.25, 0.3) is 0 Å². The fourth-order valence-electron chi connectivity index (χ4n) is 2.64. The van der Waals surface area contributed by atoms with Crippen molar-refractivity contribution in [2.75, 3.05) is 13.2 Å². The topological polar surface area (TPSA) is 72.8 Å². The van der Waals surface area contributed by atoms with Crippen LogP contribution in [0.3, 0.4) is 0 Å². The molecule has 0 radical (unpaired) electrons. The van der Waals surface area contributed by atoms with E-state index in [1.165, 1.54) is 0 Å². The van der Waals surface area contributed by atoms with Crippen molar-refractivity contribution in [3.8, 4) is 0 Å². The molecule has 2 aromatic rings. The minimum Gasteiger partial charge on any atom is -0.466 e. The number of carbonyl (C=O) groups is 2. The number of hydrogen-bond acceptors (Lipinski definition) is 5. The molecule has 5 nitrogen and oxygen atoms in total. The van der Waals surface area contributed by atoms with Crippen molar-refractivity contribution in [1.82, 2.24) is 0 Å². The average molecular weight is 356 g/mol. The first-order chi connectivity index (χ1) is 12.6. The molecule has 2 atom stereocenters. The Balaban J connectivity index is 2.12. The zero-order valence-corrected chi connectivity index (χ0v) is 15.1. The Morgan fingerprint density at radius 1 is 0.923 bits per heavy atom. The van der Waals surface area contributed by atoms with Crippen LogP contribution < -0.4 is 0 Å². The average Bonchev–Trinajstić information content (AvgIpc) is 2.67. The summed E-state index contributed by atoms with van der Waals surface area (Å²) >= 11 is 0. The number of esters is 1. The van der Waals surface area contributed by atoms with Crippen LogP contribution in [-0.4, -0.2) is 36.4 Å². The lowest BCUT2D eigenvalue weighted by molar-refractivity contribution is -0.173. The molecule has 2 unspecified atom stereocenters. The number of rotatable bonds is 9. The van der Waals surface area contributed by atoms with Crippen molar-refractivity contribution in [2.24, 2.45) is 5.92 Å². The molecular formula is C21H24O5. The minimum absolute atomic E-state index is 0.0616. The molecule has 5 heteroatoms. The third-order valence-corrected chi connectivity index (χ3v) is 3.98. The van der Waals surface area contributed by atoms with E-state index in [4.69, 9.17) is 9.47 Å². The van der Waals surface area contributed by atoms with Gasteiger partial charge in [-0.3, -0.25) is 9.59 Å². The van der Waals surface area contributed by atoms with Gasteiger partial charge in [-0.15, -0.1) is 0 Å². The van der Waals surface area contributed by atoms with Gasteiger partial charge < -0.3 is 14.6 Å². The van der Waals surface area contributed by atoms with Gasteiger partial charge in [0.1, 0.15) is 5.92 Å². The van der Waals surface area contributed by atoms with Gasteiger partial charge in [-0.2, -0.15) is 0 Å². The number of ether oxygens (including phenoxy) is 2. The highest BCUT2D eigenvalue weighted by Crippen LogP contribution is 2.18. The summed E-state index contributed by atoms with van der Waals surface area (Å²) in [5, 5.41) is 10.1. The summed E-state index contributed by atoms with van der Waals surface area (Å²) in [4.78, 5) is 24.5. The molecule has 138 valence electrons. The molecule has 0 amide bonds. The predicted molar refractivity (Wildman–Crippen MR) is 97.8 cm³/mol. The molecule has 0 saturated heterocycles. The van der Waals surface area contributed by atoms with Crippen LogP contribution in [0.5, 0.6) is 0 Å². The normalized spacial score (nSPS) is 13.0. The quantitative estimate of drug-likeness (QED) is 0.425. The Kier molecular flexibility index (Phi) is 7.51. The van der Waals surface area contributed by atoms with E-state index in [0.717, 1.165) is 5.56 Å². The second-order valence-corrected chi connectivity index (χ2v) is 5.80. The van der Waals surface area contributed by atoms with E-state index in [1.54, 1.807) is 50.2 Å². The summed E-state index contributed by atoms with van der Waals surface area (Å²) in [5.41, 5.74) is 2.00. The molecule has 2 rings (SSSR count). The van der Waals surface area contributed by atoms with Gasteiger partial charge >= 0.3 is 5.97 Å². The summed E-state index contributed by atoms with van der Waals surface area (Å²) in [5.74, 6) is -1.38.